The van der Waals surface area contributed by atoms with Gasteiger partial charge in [0.1, 0.15) is 12.4 Å². The van der Waals surface area contributed by atoms with E-state index in [9.17, 15) is 4.79 Å². The van der Waals surface area contributed by atoms with Crippen LogP contribution < -0.4 is 5.32 Å². The summed E-state index contributed by atoms with van der Waals surface area (Å²) in [7, 11) is 3.31. The average molecular weight is 272 g/mol. The number of methoxy groups -OCH3 is 1. The summed E-state index contributed by atoms with van der Waals surface area (Å²) in [5, 5.41) is 11.8. The van der Waals surface area contributed by atoms with Crippen LogP contribution in [0.1, 0.15) is 20.3 Å². The molecule has 0 aliphatic carbocycles. The van der Waals surface area contributed by atoms with E-state index >= 15 is 0 Å². The van der Waals surface area contributed by atoms with Crippen LogP contribution in [-0.2, 0) is 16.6 Å². The summed E-state index contributed by atoms with van der Waals surface area (Å²) in [4.78, 5) is 11.6. The Bertz CT molecular complexity index is 381. The number of ether oxygens (including phenoxy) is 1. The third-order valence-electron chi connectivity index (χ3n) is 2.33. The molecule has 1 N–H and O–H groups in total. The highest BCUT2D eigenvalue weighted by molar-refractivity contribution is 7.99. The summed E-state index contributed by atoms with van der Waals surface area (Å²) < 4.78 is 6.64. The Kier molecular flexibility index (Phi) is 6.14. The van der Waals surface area contributed by atoms with Crippen molar-refractivity contribution in [1.82, 2.24) is 20.1 Å². The maximum Gasteiger partial charge on any atom is 0.322 e. The fraction of sp³-hybridized carbons (Fsp3) is 0.727. The molecular formula is C11H20N4O2S. The van der Waals surface area contributed by atoms with Crippen LogP contribution in [0.25, 0.3) is 0 Å². The van der Waals surface area contributed by atoms with Crippen LogP contribution in [0.15, 0.2) is 11.5 Å². The van der Waals surface area contributed by atoms with Crippen molar-refractivity contribution in [3.63, 3.8) is 0 Å². The Labute approximate surface area is 111 Å². The van der Waals surface area contributed by atoms with Gasteiger partial charge in [0.05, 0.1) is 7.11 Å². The molecule has 6 nitrogen and oxygen atoms in total. The molecule has 0 fully saturated rings. The van der Waals surface area contributed by atoms with Gasteiger partial charge in [0.25, 0.3) is 0 Å². The van der Waals surface area contributed by atoms with E-state index in [2.05, 4.69) is 15.5 Å². The molecule has 0 radical (unpaired) electrons. The van der Waals surface area contributed by atoms with Gasteiger partial charge in [-0.05, 0) is 6.42 Å². The van der Waals surface area contributed by atoms with Gasteiger partial charge in [-0.2, -0.15) is 0 Å². The third-order valence-corrected chi connectivity index (χ3v) is 3.40. The van der Waals surface area contributed by atoms with Crippen molar-refractivity contribution in [2.45, 2.75) is 37.5 Å². The minimum Gasteiger partial charge on any atom is -0.468 e. The average Bonchev–Trinajstić information content (AvgIpc) is 2.72. The van der Waals surface area contributed by atoms with Gasteiger partial charge >= 0.3 is 5.97 Å². The first-order valence-electron chi connectivity index (χ1n) is 5.85. The fourth-order valence-electron chi connectivity index (χ4n) is 1.49. The molecule has 0 aliphatic rings. The van der Waals surface area contributed by atoms with E-state index in [4.69, 9.17) is 4.74 Å². The Morgan fingerprint density at radius 3 is 2.83 bits per heavy atom. The summed E-state index contributed by atoms with van der Waals surface area (Å²) >= 11 is 1.58. The fourth-order valence-corrected chi connectivity index (χ4v) is 2.38. The second-order valence-corrected chi connectivity index (χ2v) is 5.32. The van der Waals surface area contributed by atoms with Crippen molar-refractivity contribution in [2.75, 3.05) is 12.9 Å². The van der Waals surface area contributed by atoms with Gasteiger partial charge in [-0.1, -0.05) is 25.6 Å². The molecule has 0 saturated carbocycles. The molecule has 1 aromatic heterocycles. The minimum atomic E-state index is -0.268. The van der Waals surface area contributed by atoms with E-state index in [1.54, 1.807) is 18.1 Å². The first-order valence-corrected chi connectivity index (χ1v) is 6.83. The Hall–Kier alpha value is -1.08. The van der Waals surface area contributed by atoms with Crippen molar-refractivity contribution < 1.29 is 9.53 Å². The molecule has 1 heterocycles. The molecule has 1 rings (SSSR count). The van der Waals surface area contributed by atoms with Crippen molar-refractivity contribution >= 4 is 17.7 Å². The summed E-state index contributed by atoms with van der Waals surface area (Å²) in [6.07, 6.45) is 2.36. The number of rotatable bonds is 7. The second kappa shape index (κ2) is 7.38. The number of thioether (sulfide) groups is 1. The molecule has 18 heavy (non-hydrogen) atoms. The van der Waals surface area contributed by atoms with E-state index in [-0.39, 0.29) is 18.1 Å². The number of carbonyl (C=O) groups is 1. The van der Waals surface area contributed by atoms with Crippen LogP contribution in [0.3, 0.4) is 0 Å². The maximum absolute atomic E-state index is 11.6. The van der Waals surface area contributed by atoms with Crippen molar-refractivity contribution in [3.05, 3.63) is 6.33 Å². The van der Waals surface area contributed by atoms with Gasteiger partial charge in [0, 0.05) is 18.8 Å². The molecular weight excluding hydrogens is 252 g/mol. The van der Waals surface area contributed by atoms with Crippen LogP contribution in [0.2, 0.25) is 0 Å². The molecule has 102 valence electrons. The first kappa shape index (κ1) is 15.0. The lowest BCUT2D eigenvalue weighted by atomic mass is 10.2. The lowest BCUT2D eigenvalue weighted by Crippen LogP contribution is -2.41. The van der Waals surface area contributed by atoms with Gasteiger partial charge in [-0.3, -0.25) is 4.79 Å². The molecule has 1 aromatic rings. The summed E-state index contributed by atoms with van der Waals surface area (Å²) in [5.74, 6) is 0.564. The van der Waals surface area contributed by atoms with Crippen LogP contribution in [0.4, 0.5) is 0 Å². The molecule has 0 aromatic carbocycles. The quantitative estimate of drug-likeness (QED) is 0.586. The highest BCUT2D eigenvalue weighted by Gasteiger charge is 2.19. The standard InChI is InChI=1S/C11H20N4O2S/c1-8(2)13-9(10(16)17-4)5-6-18-11-14-12-7-15(11)3/h7-9,13H,5-6H2,1-4H3. The van der Waals surface area contributed by atoms with Crippen molar-refractivity contribution in [2.24, 2.45) is 7.05 Å². The topological polar surface area (TPSA) is 69.0 Å². The summed E-state index contributed by atoms with van der Waals surface area (Å²) in [6.45, 7) is 4.01. The second-order valence-electron chi connectivity index (χ2n) is 4.26. The molecule has 0 saturated heterocycles. The molecule has 1 unspecified atom stereocenters. The van der Waals surface area contributed by atoms with Crippen LogP contribution in [-0.4, -0.2) is 45.7 Å². The monoisotopic (exact) mass is 272 g/mol. The number of esters is 1. The lowest BCUT2D eigenvalue weighted by molar-refractivity contribution is -0.143. The smallest absolute Gasteiger partial charge is 0.322 e. The maximum atomic E-state index is 11.6. The van der Waals surface area contributed by atoms with Crippen molar-refractivity contribution in [3.8, 4) is 0 Å². The summed E-state index contributed by atoms with van der Waals surface area (Å²) in [5.41, 5.74) is 0. The Morgan fingerprint density at radius 1 is 1.61 bits per heavy atom. The van der Waals surface area contributed by atoms with Gasteiger partial charge < -0.3 is 14.6 Å². The number of aryl methyl sites for hydroxylation is 1. The first-order chi connectivity index (χ1) is 8.54. The Balaban J connectivity index is 2.42. The van der Waals surface area contributed by atoms with E-state index in [1.165, 1.54) is 7.11 Å². The predicted molar refractivity (Wildman–Crippen MR) is 70.4 cm³/mol. The van der Waals surface area contributed by atoms with Crippen molar-refractivity contribution in [1.29, 1.82) is 0 Å². The number of hydrogen-bond acceptors (Lipinski definition) is 6. The predicted octanol–water partition coefficient (Wildman–Crippen LogP) is 0.837. The zero-order valence-electron chi connectivity index (χ0n) is 11.2. The number of aromatic nitrogens is 3. The molecule has 1 atom stereocenters. The normalized spacial score (nSPS) is 12.7. The lowest BCUT2D eigenvalue weighted by Gasteiger charge is -2.18. The third kappa shape index (κ3) is 4.66. The van der Waals surface area contributed by atoms with Crippen LogP contribution in [0.5, 0.6) is 0 Å². The van der Waals surface area contributed by atoms with E-state index in [1.807, 2.05) is 25.5 Å². The zero-order chi connectivity index (χ0) is 13.5. The largest absolute Gasteiger partial charge is 0.468 e. The van der Waals surface area contributed by atoms with E-state index in [0.717, 1.165) is 10.9 Å². The number of carbonyl (C=O) groups excluding carboxylic acids is 1. The summed E-state index contributed by atoms with van der Waals surface area (Å²) in [6, 6.07) is -0.0235. The SMILES string of the molecule is COC(=O)C(CCSc1nncn1C)NC(C)C. The number of nitrogens with zero attached hydrogens (tertiary/aromatic N) is 3. The molecule has 0 amide bonds. The van der Waals surface area contributed by atoms with Gasteiger partial charge in [-0.25, -0.2) is 0 Å². The van der Waals surface area contributed by atoms with Crippen LogP contribution in [0, 0.1) is 0 Å². The number of hydrogen-bond donors (Lipinski definition) is 1. The zero-order valence-corrected chi connectivity index (χ0v) is 12.0. The molecule has 0 aliphatic heterocycles. The van der Waals surface area contributed by atoms with Gasteiger partial charge in [0.15, 0.2) is 5.16 Å². The highest BCUT2D eigenvalue weighted by Crippen LogP contribution is 2.15. The van der Waals surface area contributed by atoms with Gasteiger partial charge in [0.2, 0.25) is 0 Å². The molecule has 0 bridgehead atoms. The van der Waals surface area contributed by atoms with E-state index in [0.29, 0.717) is 6.42 Å². The molecule has 0 spiro atoms. The highest BCUT2D eigenvalue weighted by atomic mass is 32.2. The van der Waals surface area contributed by atoms with E-state index < -0.39 is 0 Å². The number of nitrogens with one attached hydrogen (secondary N) is 1. The molecule has 7 heteroatoms. The van der Waals surface area contributed by atoms with Crippen LogP contribution >= 0.6 is 11.8 Å². The minimum absolute atomic E-state index is 0.220. The van der Waals surface area contributed by atoms with Gasteiger partial charge in [-0.15, -0.1) is 10.2 Å². The Morgan fingerprint density at radius 2 is 2.33 bits per heavy atom.